The van der Waals surface area contributed by atoms with E-state index in [2.05, 4.69) is 0 Å². The molecule has 0 saturated carbocycles. The van der Waals surface area contributed by atoms with Gasteiger partial charge in [0.15, 0.2) is 0 Å². The molecule has 0 atom stereocenters. The van der Waals surface area contributed by atoms with Crippen LogP contribution in [0.5, 0.6) is 0 Å². The Morgan fingerprint density at radius 2 is 0.451 bits per heavy atom. The van der Waals surface area contributed by atoms with E-state index in [1.165, 1.54) is 0 Å². The third kappa shape index (κ3) is 9.73. The van der Waals surface area contributed by atoms with E-state index in [1.807, 2.05) is 0 Å². The molecule has 1 nitrogen and oxygen atoms in total. The van der Waals surface area contributed by atoms with Crippen LogP contribution in [0.1, 0.15) is 38.5 Å². The summed E-state index contributed by atoms with van der Waals surface area (Å²) < 4.78 is 351. The molecule has 0 spiro atoms. The molecular weight excluding hydrogens is 827 g/mol. The summed E-state index contributed by atoms with van der Waals surface area (Å²) in [6.45, 7) is -4.74. The van der Waals surface area contributed by atoms with E-state index < -0.39 is 134 Å². The first-order valence-corrected chi connectivity index (χ1v) is 12.8. The number of hydrogen-bond donors (Lipinski definition) is 0. The van der Waals surface area contributed by atoms with Gasteiger partial charge < -0.3 is 16.9 Å². The number of halogens is 28. The molecule has 0 aliphatic rings. The largest absolute Gasteiger partial charge is 1.00 e. The van der Waals surface area contributed by atoms with Crippen molar-refractivity contribution in [1.82, 2.24) is 0 Å². The minimum atomic E-state index is -7.45. The second kappa shape index (κ2) is 14.9. The number of hydrogen-bond acceptors (Lipinski definition) is 0. The van der Waals surface area contributed by atoms with Crippen molar-refractivity contribution in [3.63, 3.8) is 0 Å². The van der Waals surface area contributed by atoms with E-state index in [0.29, 0.717) is 7.05 Å². The summed E-state index contributed by atoms with van der Waals surface area (Å²) >= 11 is 0. The van der Waals surface area contributed by atoms with Gasteiger partial charge in [-0.1, -0.05) is 0 Å². The van der Waals surface area contributed by atoms with Crippen LogP contribution in [-0.2, 0) is 0 Å². The fraction of sp³-hybridized carbons (Fsp3) is 1.00. The molecule has 0 aliphatic carbocycles. The first-order valence-electron chi connectivity index (χ1n) is 12.8. The maximum absolute atomic E-state index is 13.9. The highest BCUT2D eigenvalue weighted by Gasteiger charge is 2.83. The zero-order valence-corrected chi connectivity index (χ0v) is 25.2. The van der Waals surface area contributed by atoms with Gasteiger partial charge in [0.25, 0.3) is 0 Å². The van der Waals surface area contributed by atoms with Crippen LogP contribution < -0.4 is 12.4 Å². The van der Waals surface area contributed by atoms with Gasteiger partial charge >= 0.3 is 71.8 Å². The zero-order chi connectivity index (χ0) is 40.9. The predicted molar refractivity (Wildman–Crippen MR) is 111 cm³/mol. The van der Waals surface area contributed by atoms with E-state index in [1.54, 1.807) is 0 Å². The molecule has 51 heavy (non-hydrogen) atoms. The molecule has 0 heterocycles. The molecule has 0 saturated heterocycles. The third-order valence-electron chi connectivity index (χ3n) is 7.20. The standard InChI is InChI=1S/C22H21F27N.ClH/c1-50(8-2-5-11(23,24)14(29,30)17(35,36)20(41,42)43,9-3-6-12(25,26)15(31,32)18(37,38)21(44,45)46)10-4-7-13(27,28)16(33,34)19(39,40)22(47,48)49;/h2-10H2,1H3;1H/q+1;/p-1. The topological polar surface area (TPSA) is 0 Å². The number of alkyl halides is 27. The molecule has 0 amide bonds. The van der Waals surface area contributed by atoms with Gasteiger partial charge in [0.2, 0.25) is 0 Å². The van der Waals surface area contributed by atoms with Crippen molar-refractivity contribution in [3.8, 4) is 0 Å². The third-order valence-corrected chi connectivity index (χ3v) is 7.20. The summed E-state index contributed by atoms with van der Waals surface area (Å²) in [7, 11) is 0.335. The average molecular weight is 848 g/mol. The van der Waals surface area contributed by atoms with Crippen LogP contribution in [0.25, 0.3) is 0 Å². The summed E-state index contributed by atoms with van der Waals surface area (Å²) in [5.74, 6) is -63.3. The van der Waals surface area contributed by atoms with E-state index >= 15 is 0 Å². The second-order valence-electron chi connectivity index (χ2n) is 11.2. The van der Waals surface area contributed by atoms with Crippen LogP contribution in [0.2, 0.25) is 0 Å². The van der Waals surface area contributed by atoms with Gasteiger partial charge in [-0.3, -0.25) is 0 Å². The fourth-order valence-electron chi connectivity index (χ4n) is 4.08. The summed E-state index contributed by atoms with van der Waals surface area (Å²) in [6.07, 6.45) is -35.8. The van der Waals surface area contributed by atoms with Crippen molar-refractivity contribution in [2.75, 3.05) is 26.7 Å². The maximum atomic E-state index is 13.9. The lowest BCUT2D eigenvalue weighted by Gasteiger charge is -2.38. The van der Waals surface area contributed by atoms with Gasteiger partial charge in [-0.25, -0.2) is 0 Å². The molecule has 0 aromatic heterocycles. The summed E-state index contributed by atoms with van der Waals surface area (Å²) in [4.78, 5) is 0. The molecule has 310 valence electrons. The van der Waals surface area contributed by atoms with Gasteiger partial charge in [-0.15, -0.1) is 0 Å². The quantitative estimate of drug-likeness (QED) is 0.0966. The van der Waals surface area contributed by atoms with Gasteiger partial charge in [0.05, 0.1) is 26.7 Å². The van der Waals surface area contributed by atoms with Crippen molar-refractivity contribution in [3.05, 3.63) is 0 Å². The molecular formula is C22H21ClF27N. The van der Waals surface area contributed by atoms with Gasteiger partial charge in [-0.05, 0) is 0 Å². The molecule has 0 fully saturated rings. The van der Waals surface area contributed by atoms with Crippen LogP contribution in [-0.4, -0.2) is 103 Å². The molecule has 0 unspecified atom stereocenters. The monoisotopic (exact) mass is 847 g/mol. The first-order chi connectivity index (χ1) is 21.4. The Morgan fingerprint density at radius 1 is 0.294 bits per heavy atom. The normalized spacial score (nSPS) is 16.0. The Bertz CT molecular complexity index is 981. The van der Waals surface area contributed by atoms with Crippen LogP contribution in [0, 0.1) is 0 Å². The maximum Gasteiger partial charge on any atom is 0.460 e. The Balaban J connectivity index is 0. The first kappa shape index (κ1) is 51.5. The second-order valence-corrected chi connectivity index (χ2v) is 11.2. The zero-order valence-electron chi connectivity index (χ0n) is 24.4. The van der Waals surface area contributed by atoms with E-state index in [4.69, 9.17) is 0 Å². The molecule has 0 rings (SSSR count). The van der Waals surface area contributed by atoms with E-state index in [0.717, 1.165) is 0 Å². The summed E-state index contributed by atoms with van der Waals surface area (Å²) in [5, 5.41) is 0. The minimum Gasteiger partial charge on any atom is -1.00 e. The van der Waals surface area contributed by atoms with Gasteiger partial charge in [-0.2, -0.15) is 119 Å². The van der Waals surface area contributed by atoms with Gasteiger partial charge in [0.1, 0.15) is 0 Å². The average Bonchev–Trinajstić information content (AvgIpc) is 2.85. The Labute approximate surface area is 273 Å². The number of quaternary nitrogens is 1. The van der Waals surface area contributed by atoms with E-state index in [9.17, 15) is 119 Å². The number of rotatable bonds is 18. The molecule has 0 aromatic rings. The number of nitrogens with zero attached hydrogens (tertiary/aromatic N) is 1. The van der Waals surface area contributed by atoms with Crippen LogP contribution in [0.3, 0.4) is 0 Å². The lowest BCUT2D eigenvalue weighted by atomic mass is 9.97. The molecule has 0 aromatic carbocycles. The van der Waals surface area contributed by atoms with Gasteiger partial charge in [0, 0.05) is 38.5 Å². The highest BCUT2D eigenvalue weighted by Crippen LogP contribution is 2.57. The molecule has 0 N–H and O–H groups in total. The summed E-state index contributed by atoms with van der Waals surface area (Å²) in [6, 6.07) is 0. The van der Waals surface area contributed by atoms with Crippen molar-refractivity contribution >= 4 is 0 Å². The van der Waals surface area contributed by atoms with Crippen molar-refractivity contribution in [1.29, 1.82) is 0 Å². The molecule has 0 bridgehead atoms. The highest BCUT2D eigenvalue weighted by molar-refractivity contribution is 5.02. The minimum absolute atomic E-state index is 0. The van der Waals surface area contributed by atoms with E-state index in [-0.39, 0.29) is 12.4 Å². The van der Waals surface area contributed by atoms with Crippen molar-refractivity contribution in [2.24, 2.45) is 0 Å². The Morgan fingerprint density at radius 3 is 0.588 bits per heavy atom. The molecule has 29 heteroatoms. The summed E-state index contributed by atoms with van der Waals surface area (Å²) in [5.41, 5.74) is 0. The van der Waals surface area contributed by atoms with Crippen LogP contribution >= 0.6 is 0 Å². The fourth-order valence-corrected chi connectivity index (χ4v) is 4.08. The smallest absolute Gasteiger partial charge is 0.460 e. The van der Waals surface area contributed by atoms with Crippen molar-refractivity contribution < 1.29 is 135 Å². The van der Waals surface area contributed by atoms with Crippen molar-refractivity contribution in [2.45, 2.75) is 110 Å². The predicted octanol–water partition coefficient (Wildman–Crippen LogP) is 8.18. The Hall–Kier alpha value is -1.64. The van der Waals surface area contributed by atoms with Crippen LogP contribution in [0.4, 0.5) is 119 Å². The highest BCUT2D eigenvalue weighted by atomic mass is 35.5. The SMILES string of the molecule is C[N+](CCCC(F)(F)C(F)(F)C(F)(F)C(F)(F)F)(CCCC(F)(F)C(F)(F)C(F)(F)C(F)(F)F)CCCC(F)(F)C(F)(F)C(F)(F)C(F)(F)F.[Cl-]. The lowest BCUT2D eigenvalue weighted by Crippen LogP contribution is -3.00. The Kier molecular flexibility index (Phi) is 15.0. The molecule has 0 aliphatic heterocycles. The van der Waals surface area contributed by atoms with Crippen LogP contribution in [0.15, 0.2) is 0 Å². The molecule has 0 radical (unpaired) electrons. The lowest BCUT2D eigenvalue weighted by molar-refractivity contribution is -0.910.